The fraction of sp³-hybridized carbons (Fsp3) is 0.684. The molecule has 0 amide bonds. The lowest BCUT2D eigenvalue weighted by Gasteiger charge is -2.38. The van der Waals surface area contributed by atoms with Crippen LogP contribution in [-0.2, 0) is 0 Å². The average molecular weight is 353 g/mol. The molecule has 4 heteroatoms. The topological polar surface area (TPSA) is 18.5 Å². The Bertz CT molecular complexity index is 503. The first-order chi connectivity index (χ1) is 10.1. The van der Waals surface area contributed by atoms with Crippen LogP contribution in [0.4, 0.5) is 0 Å². The minimum atomic E-state index is -1.84. The first kappa shape index (κ1) is 20.3. The van der Waals surface area contributed by atoms with Crippen molar-refractivity contribution < 1.29 is 8.85 Å². The lowest BCUT2D eigenvalue weighted by Crippen LogP contribution is -2.44. The van der Waals surface area contributed by atoms with Crippen molar-refractivity contribution in [2.24, 2.45) is 0 Å². The summed E-state index contributed by atoms with van der Waals surface area (Å²) in [5.41, 5.74) is 1.13. The predicted molar refractivity (Wildman–Crippen MR) is 107 cm³/mol. The van der Waals surface area contributed by atoms with E-state index in [9.17, 15) is 0 Å². The largest absolute Gasteiger partial charge is 0.543 e. The molecule has 1 rings (SSSR count). The van der Waals surface area contributed by atoms with Crippen molar-refractivity contribution in [3.05, 3.63) is 23.8 Å². The van der Waals surface area contributed by atoms with Crippen LogP contribution in [0.3, 0.4) is 0 Å². The van der Waals surface area contributed by atoms with Crippen molar-refractivity contribution in [3.63, 3.8) is 0 Å². The molecule has 0 atom stereocenters. The van der Waals surface area contributed by atoms with Crippen LogP contribution in [0.2, 0.25) is 36.3 Å². The molecule has 23 heavy (non-hydrogen) atoms. The Balaban J connectivity index is 3.14. The van der Waals surface area contributed by atoms with Crippen molar-refractivity contribution in [2.75, 3.05) is 0 Å². The molecule has 0 aliphatic rings. The quantitative estimate of drug-likeness (QED) is 0.557. The molecular weight excluding hydrogens is 316 g/mol. The van der Waals surface area contributed by atoms with Gasteiger partial charge in [-0.2, -0.15) is 0 Å². The summed E-state index contributed by atoms with van der Waals surface area (Å²) in [6.45, 7) is 24.9. The maximum Gasteiger partial charge on any atom is 0.250 e. The standard InChI is InChI=1S/C19H36O2Si2/c1-15-16(20-22(8,9)18(2,3)4)13-12-14-17(15)21-23(10,11)19(5,6)7/h12-14H,1-11H3. The van der Waals surface area contributed by atoms with Gasteiger partial charge in [-0.15, -0.1) is 0 Å². The number of hydrogen-bond donors (Lipinski definition) is 0. The third-order valence-corrected chi connectivity index (χ3v) is 14.3. The number of rotatable bonds is 4. The van der Waals surface area contributed by atoms with Crippen molar-refractivity contribution >= 4 is 16.6 Å². The van der Waals surface area contributed by atoms with Gasteiger partial charge in [0, 0.05) is 5.56 Å². The molecule has 0 aliphatic carbocycles. The highest BCUT2D eigenvalue weighted by Gasteiger charge is 2.41. The lowest BCUT2D eigenvalue weighted by atomic mass is 10.2. The summed E-state index contributed by atoms with van der Waals surface area (Å²) in [4.78, 5) is 0. The molecule has 0 N–H and O–H groups in total. The SMILES string of the molecule is Cc1c(O[Si](C)(C)C(C)(C)C)cccc1O[Si](C)(C)C(C)(C)C. The molecule has 0 heterocycles. The molecule has 0 spiro atoms. The number of hydrogen-bond acceptors (Lipinski definition) is 2. The van der Waals surface area contributed by atoms with Crippen molar-refractivity contribution in [2.45, 2.75) is 84.7 Å². The Morgan fingerprint density at radius 3 is 1.26 bits per heavy atom. The Kier molecular flexibility index (Phi) is 5.54. The van der Waals surface area contributed by atoms with Gasteiger partial charge in [0.1, 0.15) is 11.5 Å². The second-order valence-electron chi connectivity index (χ2n) is 9.60. The van der Waals surface area contributed by atoms with E-state index in [-0.39, 0.29) is 10.1 Å². The van der Waals surface area contributed by atoms with Crippen molar-refractivity contribution in [1.29, 1.82) is 0 Å². The van der Waals surface area contributed by atoms with E-state index < -0.39 is 16.6 Å². The molecule has 0 unspecified atom stereocenters. The van der Waals surface area contributed by atoms with Gasteiger partial charge in [0.05, 0.1) is 0 Å². The van der Waals surface area contributed by atoms with Crippen LogP contribution in [0, 0.1) is 6.92 Å². The second-order valence-corrected chi connectivity index (χ2v) is 19.1. The summed E-state index contributed by atoms with van der Waals surface area (Å²) >= 11 is 0. The maximum absolute atomic E-state index is 6.51. The van der Waals surface area contributed by atoms with Gasteiger partial charge in [-0.25, -0.2) is 0 Å². The summed E-state index contributed by atoms with van der Waals surface area (Å²) in [5.74, 6) is 1.96. The Labute approximate surface area is 145 Å². The molecule has 132 valence electrons. The van der Waals surface area contributed by atoms with Crippen LogP contribution in [0.1, 0.15) is 47.1 Å². The van der Waals surface area contributed by atoms with E-state index in [2.05, 4.69) is 92.9 Å². The van der Waals surface area contributed by atoms with E-state index >= 15 is 0 Å². The molecule has 0 aliphatic heterocycles. The van der Waals surface area contributed by atoms with Gasteiger partial charge in [0.25, 0.3) is 0 Å². The summed E-state index contributed by atoms with van der Waals surface area (Å²) in [5, 5.41) is 0.380. The molecule has 0 saturated heterocycles. The van der Waals surface area contributed by atoms with Gasteiger partial charge in [-0.3, -0.25) is 0 Å². The third kappa shape index (κ3) is 4.63. The Morgan fingerprint density at radius 2 is 1.00 bits per heavy atom. The predicted octanol–water partition coefficient (Wildman–Crippen LogP) is 6.76. The van der Waals surface area contributed by atoms with Gasteiger partial charge in [0.2, 0.25) is 16.6 Å². The van der Waals surface area contributed by atoms with Crippen LogP contribution in [0.25, 0.3) is 0 Å². The van der Waals surface area contributed by atoms with E-state index in [0.717, 1.165) is 17.1 Å². The second kappa shape index (κ2) is 6.28. The summed E-state index contributed by atoms with van der Waals surface area (Å²) < 4.78 is 13.0. The van der Waals surface area contributed by atoms with Gasteiger partial charge < -0.3 is 8.85 Å². The summed E-state index contributed by atoms with van der Waals surface area (Å²) in [6, 6.07) is 6.21. The first-order valence-electron chi connectivity index (χ1n) is 8.56. The summed E-state index contributed by atoms with van der Waals surface area (Å²) in [6.07, 6.45) is 0. The van der Waals surface area contributed by atoms with Gasteiger partial charge in [-0.1, -0.05) is 47.6 Å². The van der Waals surface area contributed by atoms with Crippen LogP contribution >= 0.6 is 0 Å². The van der Waals surface area contributed by atoms with Crippen molar-refractivity contribution in [3.8, 4) is 11.5 Å². The highest BCUT2D eigenvalue weighted by atomic mass is 28.4. The molecule has 0 aromatic heterocycles. The lowest BCUT2D eigenvalue weighted by molar-refractivity contribution is 0.469. The van der Waals surface area contributed by atoms with E-state index in [1.54, 1.807) is 0 Å². The zero-order valence-electron chi connectivity index (χ0n) is 17.0. The van der Waals surface area contributed by atoms with Crippen LogP contribution in [0.15, 0.2) is 18.2 Å². The highest BCUT2D eigenvalue weighted by Crippen LogP contribution is 2.42. The normalized spacial score (nSPS) is 13.9. The highest BCUT2D eigenvalue weighted by molar-refractivity contribution is 6.75. The van der Waals surface area contributed by atoms with Crippen LogP contribution in [-0.4, -0.2) is 16.6 Å². The van der Waals surface area contributed by atoms with E-state index in [1.165, 1.54) is 0 Å². The van der Waals surface area contributed by atoms with Gasteiger partial charge >= 0.3 is 0 Å². The Hall–Kier alpha value is -0.746. The zero-order valence-corrected chi connectivity index (χ0v) is 19.0. The molecule has 0 radical (unpaired) electrons. The van der Waals surface area contributed by atoms with Gasteiger partial charge in [-0.05, 0) is 55.3 Å². The molecular formula is C19H36O2Si2. The summed E-state index contributed by atoms with van der Waals surface area (Å²) in [7, 11) is -3.68. The first-order valence-corrected chi connectivity index (χ1v) is 14.4. The molecule has 0 bridgehead atoms. The average Bonchev–Trinajstić information content (AvgIpc) is 2.31. The fourth-order valence-corrected chi connectivity index (χ4v) is 3.83. The maximum atomic E-state index is 6.51. The minimum Gasteiger partial charge on any atom is -0.543 e. The monoisotopic (exact) mass is 352 g/mol. The van der Waals surface area contributed by atoms with Crippen LogP contribution in [0.5, 0.6) is 11.5 Å². The zero-order chi connectivity index (χ0) is 18.3. The molecule has 2 nitrogen and oxygen atoms in total. The van der Waals surface area contributed by atoms with E-state index in [0.29, 0.717) is 0 Å². The molecule has 0 fully saturated rings. The van der Waals surface area contributed by atoms with Crippen LogP contribution < -0.4 is 8.85 Å². The van der Waals surface area contributed by atoms with Crippen molar-refractivity contribution in [1.82, 2.24) is 0 Å². The van der Waals surface area contributed by atoms with Gasteiger partial charge in [0.15, 0.2) is 0 Å². The molecule has 1 aromatic rings. The van der Waals surface area contributed by atoms with E-state index in [1.807, 2.05) is 0 Å². The molecule has 0 saturated carbocycles. The number of benzene rings is 1. The molecule has 1 aromatic carbocycles. The minimum absolute atomic E-state index is 0.190. The smallest absolute Gasteiger partial charge is 0.250 e. The Morgan fingerprint density at radius 1 is 0.696 bits per heavy atom. The van der Waals surface area contributed by atoms with E-state index in [4.69, 9.17) is 8.85 Å². The fourth-order valence-electron chi connectivity index (χ4n) is 1.67. The third-order valence-electron chi connectivity index (χ3n) is 5.58.